The van der Waals surface area contributed by atoms with Crippen LogP contribution in [0.15, 0.2) is 17.9 Å². The first-order chi connectivity index (χ1) is 9.92. The quantitative estimate of drug-likeness (QED) is 0.808. The van der Waals surface area contributed by atoms with Crippen molar-refractivity contribution in [3.05, 3.63) is 40.2 Å². The third-order valence-electron chi connectivity index (χ3n) is 5.02. The number of rotatable bonds is 2. The summed E-state index contributed by atoms with van der Waals surface area (Å²) >= 11 is 0. The number of aliphatic hydroxyl groups excluding tert-OH is 1. The standard InChI is InChI=1S/C18H25NO2/c1-11-9-12(2)16(15(19)10-13(3)20)17-14(11)5-8-18(21-17)6-4-7-18/h9-10,15,20H,4-8,19H2,1-3H3/b13-10-. The van der Waals surface area contributed by atoms with Crippen LogP contribution in [0.25, 0.3) is 0 Å². The molecule has 1 aliphatic heterocycles. The molecule has 1 spiro atoms. The van der Waals surface area contributed by atoms with Crippen molar-refractivity contribution < 1.29 is 9.84 Å². The molecule has 0 radical (unpaired) electrons. The van der Waals surface area contributed by atoms with Crippen LogP contribution in [0, 0.1) is 13.8 Å². The molecule has 3 nitrogen and oxygen atoms in total. The summed E-state index contributed by atoms with van der Waals surface area (Å²) in [7, 11) is 0. The van der Waals surface area contributed by atoms with Gasteiger partial charge in [0.05, 0.1) is 11.8 Å². The molecule has 1 atom stereocenters. The minimum atomic E-state index is -0.320. The molecule has 2 aliphatic rings. The molecule has 1 unspecified atom stereocenters. The molecule has 1 heterocycles. The lowest BCUT2D eigenvalue weighted by atomic mass is 9.73. The van der Waals surface area contributed by atoms with Crippen molar-refractivity contribution >= 4 is 0 Å². The van der Waals surface area contributed by atoms with E-state index >= 15 is 0 Å². The largest absolute Gasteiger partial charge is 0.513 e. The van der Waals surface area contributed by atoms with Crippen LogP contribution in [0.1, 0.15) is 60.9 Å². The third kappa shape index (κ3) is 2.44. The minimum absolute atomic E-state index is 0.0552. The molecule has 1 aromatic carbocycles. The zero-order chi connectivity index (χ0) is 15.2. The average molecular weight is 287 g/mol. The predicted octanol–water partition coefficient (Wildman–Crippen LogP) is 4.01. The average Bonchev–Trinajstić information content (AvgIpc) is 2.35. The van der Waals surface area contributed by atoms with Gasteiger partial charge in [0.2, 0.25) is 0 Å². The normalized spacial score (nSPS) is 21.4. The lowest BCUT2D eigenvalue weighted by Gasteiger charge is -2.46. The lowest BCUT2D eigenvalue weighted by Crippen LogP contribution is -2.46. The summed E-state index contributed by atoms with van der Waals surface area (Å²) in [6, 6.07) is 1.87. The zero-order valence-electron chi connectivity index (χ0n) is 13.2. The zero-order valence-corrected chi connectivity index (χ0v) is 13.2. The van der Waals surface area contributed by atoms with Crippen molar-refractivity contribution in [2.75, 3.05) is 0 Å². The van der Waals surface area contributed by atoms with E-state index < -0.39 is 0 Å². The Morgan fingerprint density at radius 3 is 2.62 bits per heavy atom. The maximum absolute atomic E-state index is 9.53. The summed E-state index contributed by atoms with van der Waals surface area (Å²) in [5, 5.41) is 9.53. The van der Waals surface area contributed by atoms with Gasteiger partial charge in [-0.25, -0.2) is 0 Å². The molecule has 1 aliphatic carbocycles. The highest BCUT2D eigenvalue weighted by atomic mass is 16.5. The van der Waals surface area contributed by atoms with E-state index in [4.69, 9.17) is 10.5 Å². The molecule has 0 amide bonds. The van der Waals surface area contributed by atoms with E-state index in [-0.39, 0.29) is 17.4 Å². The third-order valence-corrected chi connectivity index (χ3v) is 5.02. The van der Waals surface area contributed by atoms with Crippen LogP contribution in [0.4, 0.5) is 0 Å². The van der Waals surface area contributed by atoms with Gasteiger partial charge in [0.1, 0.15) is 11.4 Å². The van der Waals surface area contributed by atoms with Crippen LogP contribution in [-0.4, -0.2) is 10.7 Å². The molecule has 3 rings (SSSR count). The summed E-state index contributed by atoms with van der Waals surface area (Å²) in [6.45, 7) is 5.88. The van der Waals surface area contributed by atoms with Crippen LogP contribution in [-0.2, 0) is 6.42 Å². The van der Waals surface area contributed by atoms with Crippen LogP contribution < -0.4 is 10.5 Å². The fourth-order valence-electron chi connectivity index (χ4n) is 3.74. The summed E-state index contributed by atoms with van der Waals surface area (Å²) in [4.78, 5) is 0. The number of ether oxygens (including phenoxy) is 1. The first kappa shape index (κ1) is 14.5. The number of aryl methyl sites for hydroxylation is 2. The number of benzene rings is 1. The number of aliphatic hydroxyl groups is 1. The Hall–Kier alpha value is -1.48. The second-order valence-corrected chi connectivity index (χ2v) is 6.70. The minimum Gasteiger partial charge on any atom is -0.513 e. The van der Waals surface area contributed by atoms with Gasteiger partial charge >= 0.3 is 0 Å². The Morgan fingerprint density at radius 1 is 1.33 bits per heavy atom. The maximum atomic E-state index is 9.53. The molecule has 0 aromatic heterocycles. The molecule has 1 fully saturated rings. The van der Waals surface area contributed by atoms with Gasteiger partial charge in [-0.3, -0.25) is 0 Å². The van der Waals surface area contributed by atoms with E-state index in [0.717, 1.165) is 42.6 Å². The monoisotopic (exact) mass is 287 g/mol. The molecule has 0 bridgehead atoms. The smallest absolute Gasteiger partial charge is 0.128 e. The van der Waals surface area contributed by atoms with Crippen molar-refractivity contribution in [1.29, 1.82) is 0 Å². The lowest BCUT2D eigenvalue weighted by molar-refractivity contribution is -0.0260. The van der Waals surface area contributed by atoms with E-state index in [0.29, 0.717) is 0 Å². The summed E-state index contributed by atoms with van der Waals surface area (Å²) < 4.78 is 6.46. The molecule has 0 saturated heterocycles. The Labute approximate surface area is 126 Å². The van der Waals surface area contributed by atoms with Crippen LogP contribution in [0.2, 0.25) is 0 Å². The highest BCUT2D eigenvalue weighted by molar-refractivity contribution is 5.54. The van der Waals surface area contributed by atoms with E-state index in [1.54, 1.807) is 13.0 Å². The van der Waals surface area contributed by atoms with Crippen LogP contribution in [0.3, 0.4) is 0 Å². The Morgan fingerprint density at radius 2 is 2.05 bits per heavy atom. The summed E-state index contributed by atoms with van der Waals surface area (Å²) in [5.74, 6) is 1.24. The SMILES string of the molecule is C/C(O)=C/C(N)c1c(C)cc(C)c2c1OC1(CCC1)CC2. The Bertz CT molecular complexity index is 596. The van der Waals surface area contributed by atoms with Crippen molar-refractivity contribution in [3.63, 3.8) is 0 Å². The second-order valence-electron chi connectivity index (χ2n) is 6.70. The number of fused-ring (bicyclic) bond motifs is 1. The molecule has 1 saturated carbocycles. The van der Waals surface area contributed by atoms with Gasteiger partial charge in [-0.2, -0.15) is 0 Å². The molecular formula is C18H25NO2. The number of nitrogens with two attached hydrogens (primary N) is 1. The van der Waals surface area contributed by atoms with Crippen molar-refractivity contribution in [3.8, 4) is 5.75 Å². The second kappa shape index (κ2) is 5.06. The molecule has 114 valence electrons. The van der Waals surface area contributed by atoms with Gasteiger partial charge in [-0.15, -0.1) is 0 Å². The van der Waals surface area contributed by atoms with Crippen molar-refractivity contribution in [1.82, 2.24) is 0 Å². The van der Waals surface area contributed by atoms with Gasteiger partial charge in [0.25, 0.3) is 0 Å². The fraction of sp³-hybridized carbons (Fsp3) is 0.556. The van der Waals surface area contributed by atoms with Crippen molar-refractivity contribution in [2.45, 2.75) is 64.5 Å². The topological polar surface area (TPSA) is 55.5 Å². The van der Waals surface area contributed by atoms with Crippen molar-refractivity contribution in [2.24, 2.45) is 5.73 Å². The van der Waals surface area contributed by atoms with Gasteiger partial charge in [0.15, 0.2) is 0 Å². The number of hydrogen-bond donors (Lipinski definition) is 2. The van der Waals surface area contributed by atoms with Crippen LogP contribution in [0.5, 0.6) is 5.75 Å². The number of hydrogen-bond acceptors (Lipinski definition) is 3. The predicted molar refractivity (Wildman–Crippen MR) is 84.8 cm³/mol. The van der Waals surface area contributed by atoms with E-state index in [2.05, 4.69) is 19.9 Å². The van der Waals surface area contributed by atoms with E-state index in [1.165, 1.54) is 17.5 Å². The van der Waals surface area contributed by atoms with Crippen LogP contribution >= 0.6 is 0 Å². The Kier molecular flexibility index (Phi) is 3.48. The Balaban J connectivity index is 2.09. The number of allylic oxidation sites excluding steroid dienone is 1. The molecular weight excluding hydrogens is 262 g/mol. The van der Waals surface area contributed by atoms with E-state index in [1.807, 2.05) is 0 Å². The first-order valence-electron chi connectivity index (χ1n) is 7.87. The summed E-state index contributed by atoms with van der Waals surface area (Å²) in [6.07, 6.45) is 7.46. The first-order valence-corrected chi connectivity index (χ1v) is 7.87. The molecule has 21 heavy (non-hydrogen) atoms. The molecule has 3 N–H and O–H groups in total. The van der Waals surface area contributed by atoms with Gasteiger partial charge in [-0.05, 0) is 75.6 Å². The maximum Gasteiger partial charge on any atom is 0.128 e. The van der Waals surface area contributed by atoms with Gasteiger partial charge < -0.3 is 15.6 Å². The highest BCUT2D eigenvalue weighted by Crippen LogP contribution is 2.48. The summed E-state index contributed by atoms with van der Waals surface area (Å²) in [5.41, 5.74) is 11.1. The molecule has 3 heteroatoms. The molecule has 1 aromatic rings. The van der Waals surface area contributed by atoms with E-state index in [9.17, 15) is 5.11 Å². The highest BCUT2D eigenvalue weighted by Gasteiger charge is 2.43. The van der Waals surface area contributed by atoms with Gasteiger partial charge in [0, 0.05) is 5.56 Å². The van der Waals surface area contributed by atoms with Gasteiger partial charge in [-0.1, -0.05) is 6.07 Å². The fourth-order valence-corrected chi connectivity index (χ4v) is 3.74.